The third kappa shape index (κ3) is 3.84. The van der Waals surface area contributed by atoms with Crippen molar-refractivity contribution in [3.63, 3.8) is 0 Å². The summed E-state index contributed by atoms with van der Waals surface area (Å²) in [4.78, 5) is 34.7. The highest BCUT2D eigenvalue weighted by molar-refractivity contribution is 5.99. The van der Waals surface area contributed by atoms with Crippen molar-refractivity contribution >= 4 is 23.5 Å². The van der Waals surface area contributed by atoms with Crippen LogP contribution in [0, 0.1) is 0 Å². The number of rotatable bonds is 6. The quantitative estimate of drug-likeness (QED) is 0.748. The smallest absolute Gasteiger partial charge is 0.326 e. The fourth-order valence-corrected chi connectivity index (χ4v) is 2.43. The molecule has 3 N–H and O–H groups in total. The molecule has 2 amide bonds. The number of carbonyl (C=O) groups is 3. The van der Waals surface area contributed by atoms with Crippen LogP contribution in [0.2, 0.25) is 0 Å². The summed E-state index contributed by atoms with van der Waals surface area (Å²) < 4.78 is 0. The van der Waals surface area contributed by atoms with Gasteiger partial charge >= 0.3 is 5.97 Å². The van der Waals surface area contributed by atoms with Gasteiger partial charge in [0.25, 0.3) is 5.91 Å². The van der Waals surface area contributed by atoms with E-state index in [1.54, 1.807) is 18.2 Å². The van der Waals surface area contributed by atoms with E-state index in [2.05, 4.69) is 10.6 Å². The third-order valence-corrected chi connectivity index (χ3v) is 3.71. The first-order valence-corrected chi connectivity index (χ1v) is 7.47. The van der Waals surface area contributed by atoms with E-state index in [1.807, 2.05) is 6.92 Å². The van der Waals surface area contributed by atoms with Gasteiger partial charge in [-0.15, -0.1) is 0 Å². The molecule has 1 heterocycles. The second-order valence-corrected chi connectivity index (χ2v) is 5.43. The molecule has 0 spiro atoms. The molecule has 0 saturated heterocycles. The SMILES string of the molecule is CCCCC(NC(=O)c1ccc2c(c1)CCC(=O)N2)C(=O)O. The molecule has 0 bridgehead atoms. The van der Waals surface area contributed by atoms with Crippen molar-refractivity contribution < 1.29 is 19.5 Å². The van der Waals surface area contributed by atoms with Gasteiger partial charge in [-0.3, -0.25) is 9.59 Å². The number of anilines is 1. The molecule has 1 aromatic rings. The lowest BCUT2D eigenvalue weighted by Crippen LogP contribution is -2.40. The molecule has 0 fully saturated rings. The van der Waals surface area contributed by atoms with E-state index in [4.69, 9.17) is 5.11 Å². The first kappa shape index (κ1) is 16.0. The Kier molecular flexibility index (Phi) is 5.14. The molecule has 0 saturated carbocycles. The zero-order valence-electron chi connectivity index (χ0n) is 12.5. The number of nitrogens with one attached hydrogen (secondary N) is 2. The van der Waals surface area contributed by atoms with Gasteiger partial charge in [0.05, 0.1) is 0 Å². The molecule has 1 atom stereocenters. The summed E-state index contributed by atoms with van der Waals surface area (Å²) in [5.74, 6) is -1.45. The number of aryl methyl sites for hydroxylation is 1. The first-order valence-electron chi connectivity index (χ1n) is 7.47. The predicted molar refractivity (Wildman–Crippen MR) is 81.8 cm³/mol. The Balaban J connectivity index is 2.09. The van der Waals surface area contributed by atoms with Crippen molar-refractivity contribution in [3.8, 4) is 0 Å². The van der Waals surface area contributed by atoms with Crippen LogP contribution < -0.4 is 10.6 Å². The number of carbonyl (C=O) groups excluding carboxylic acids is 2. The van der Waals surface area contributed by atoms with Crippen molar-refractivity contribution in [2.45, 2.75) is 45.1 Å². The summed E-state index contributed by atoms with van der Waals surface area (Å²) in [5, 5.41) is 14.5. The van der Waals surface area contributed by atoms with Crippen LogP contribution in [-0.4, -0.2) is 28.9 Å². The molecule has 118 valence electrons. The van der Waals surface area contributed by atoms with Crippen LogP contribution >= 0.6 is 0 Å². The number of fused-ring (bicyclic) bond motifs is 1. The number of carboxylic acids is 1. The minimum atomic E-state index is -1.02. The Morgan fingerprint density at radius 1 is 1.36 bits per heavy atom. The average Bonchev–Trinajstić information content (AvgIpc) is 2.50. The highest BCUT2D eigenvalue weighted by atomic mass is 16.4. The largest absolute Gasteiger partial charge is 0.480 e. The van der Waals surface area contributed by atoms with Gasteiger partial charge in [-0.05, 0) is 36.6 Å². The van der Waals surface area contributed by atoms with Crippen LogP contribution in [0.3, 0.4) is 0 Å². The van der Waals surface area contributed by atoms with Crippen LogP contribution in [0.4, 0.5) is 5.69 Å². The van der Waals surface area contributed by atoms with Crippen molar-refractivity contribution in [3.05, 3.63) is 29.3 Å². The molecule has 0 aromatic heterocycles. The number of benzene rings is 1. The molecule has 1 aromatic carbocycles. The highest BCUT2D eigenvalue weighted by Gasteiger charge is 2.21. The molecule has 2 rings (SSSR count). The zero-order chi connectivity index (χ0) is 16.1. The van der Waals surface area contributed by atoms with Crippen LogP contribution in [0.25, 0.3) is 0 Å². The third-order valence-electron chi connectivity index (χ3n) is 3.71. The number of hydrogen-bond donors (Lipinski definition) is 3. The molecule has 22 heavy (non-hydrogen) atoms. The molecule has 1 unspecified atom stereocenters. The Bertz CT molecular complexity index is 598. The first-order chi connectivity index (χ1) is 10.5. The molecule has 1 aliphatic rings. The van der Waals surface area contributed by atoms with Gasteiger partial charge in [-0.25, -0.2) is 4.79 Å². The normalized spacial score (nSPS) is 14.7. The minimum Gasteiger partial charge on any atom is -0.480 e. The van der Waals surface area contributed by atoms with E-state index in [1.165, 1.54) is 0 Å². The van der Waals surface area contributed by atoms with Crippen molar-refractivity contribution in [2.24, 2.45) is 0 Å². The lowest BCUT2D eigenvalue weighted by atomic mass is 10.00. The van der Waals surface area contributed by atoms with Crippen molar-refractivity contribution in [1.82, 2.24) is 5.32 Å². The monoisotopic (exact) mass is 304 g/mol. The maximum absolute atomic E-state index is 12.2. The van der Waals surface area contributed by atoms with Crippen LogP contribution in [0.1, 0.15) is 48.5 Å². The Labute approximate surface area is 128 Å². The zero-order valence-corrected chi connectivity index (χ0v) is 12.5. The van der Waals surface area contributed by atoms with Gasteiger partial charge in [0.2, 0.25) is 5.91 Å². The number of amides is 2. The summed E-state index contributed by atoms with van der Waals surface area (Å²) in [7, 11) is 0. The maximum atomic E-state index is 12.2. The maximum Gasteiger partial charge on any atom is 0.326 e. The summed E-state index contributed by atoms with van der Waals surface area (Å²) in [6, 6.07) is 4.12. The Morgan fingerprint density at radius 2 is 2.14 bits per heavy atom. The van der Waals surface area contributed by atoms with E-state index in [0.717, 1.165) is 18.4 Å². The van der Waals surface area contributed by atoms with E-state index < -0.39 is 17.9 Å². The van der Waals surface area contributed by atoms with Crippen molar-refractivity contribution in [1.29, 1.82) is 0 Å². The van der Waals surface area contributed by atoms with Crippen molar-refractivity contribution in [2.75, 3.05) is 5.32 Å². The second-order valence-electron chi connectivity index (χ2n) is 5.43. The predicted octanol–water partition coefficient (Wildman–Crippen LogP) is 1.94. The van der Waals surface area contributed by atoms with Gasteiger partial charge in [0.15, 0.2) is 0 Å². The Hall–Kier alpha value is -2.37. The lowest BCUT2D eigenvalue weighted by Gasteiger charge is -2.18. The van der Waals surface area contributed by atoms with E-state index >= 15 is 0 Å². The van der Waals surface area contributed by atoms with Crippen LogP contribution in [-0.2, 0) is 16.0 Å². The van der Waals surface area contributed by atoms with Gasteiger partial charge in [0, 0.05) is 17.7 Å². The van der Waals surface area contributed by atoms with Gasteiger partial charge in [0.1, 0.15) is 6.04 Å². The summed E-state index contributed by atoms with van der Waals surface area (Å²) in [6.45, 7) is 1.97. The highest BCUT2D eigenvalue weighted by Crippen LogP contribution is 2.23. The number of hydrogen-bond acceptors (Lipinski definition) is 3. The lowest BCUT2D eigenvalue weighted by molar-refractivity contribution is -0.139. The van der Waals surface area contributed by atoms with Crippen LogP contribution in [0.15, 0.2) is 18.2 Å². The number of aliphatic carboxylic acids is 1. The molecule has 6 nitrogen and oxygen atoms in total. The van der Waals surface area contributed by atoms with Gasteiger partial charge in [-0.1, -0.05) is 19.8 Å². The molecule has 0 aliphatic carbocycles. The number of unbranched alkanes of at least 4 members (excludes halogenated alkanes) is 1. The fourth-order valence-electron chi connectivity index (χ4n) is 2.43. The van der Waals surface area contributed by atoms with E-state index in [-0.39, 0.29) is 5.91 Å². The Morgan fingerprint density at radius 3 is 2.82 bits per heavy atom. The molecular formula is C16H20N2O4. The van der Waals surface area contributed by atoms with Gasteiger partial charge in [-0.2, -0.15) is 0 Å². The molecular weight excluding hydrogens is 284 g/mol. The molecule has 1 aliphatic heterocycles. The standard InChI is InChI=1S/C16H20N2O4/c1-2-3-4-13(16(21)22)18-15(20)11-5-7-12-10(9-11)6-8-14(19)17-12/h5,7,9,13H,2-4,6,8H2,1H3,(H,17,19)(H,18,20)(H,21,22). The molecule has 0 radical (unpaired) electrons. The van der Waals surface area contributed by atoms with E-state index in [9.17, 15) is 14.4 Å². The summed E-state index contributed by atoms with van der Waals surface area (Å²) in [6.07, 6.45) is 3.01. The average molecular weight is 304 g/mol. The second kappa shape index (κ2) is 7.06. The fraction of sp³-hybridized carbons (Fsp3) is 0.438. The van der Waals surface area contributed by atoms with E-state index in [0.29, 0.717) is 30.5 Å². The summed E-state index contributed by atoms with van der Waals surface area (Å²) >= 11 is 0. The number of carboxylic acid groups (broad SMARTS) is 1. The van der Waals surface area contributed by atoms with Crippen LogP contribution in [0.5, 0.6) is 0 Å². The topological polar surface area (TPSA) is 95.5 Å². The van der Waals surface area contributed by atoms with Gasteiger partial charge < -0.3 is 15.7 Å². The summed E-state index contributed by atoms with van der Waals surface area (Å²) in [5.41, 5.74) is 2.03. The molecule has 6 heteroatoms. The minimum absolute atomic E-state index is 0.0322.